The Morgan fingerprint density at radius 3 is 2.58 bits per heavy atom. The van der Waals surface area contributed by atoms with E-state index in [1.807, 2.05) is 0 Å². The highest BCUT2D eigenvalue weighted by Crippen LogP contribution is 2.32. The molecule has 2 heterocycles. The Morgan fingerprint density at radius 1 is 1.17 bits per heavy atom. The van der Waals surface area contributed by atoms with E-state index in [1.165, 1.54) is 24.6 Å². The second-order valence-electron chi connectivity index (χ2n) is 5.03. The number of nitrogens with one attached hydrogen (secondary N) is 1. The van der Waals surface area contributed by atoms with E-state index in [9.17, 15) is 9.18 Å². The van der Waals surface area contributed by atoms with Crippen molar-refractivity contribution in [2.24, 2.45) is 0 Å². The Hall–Kier alpha value is -3.16. The number of nitrogens with zero attached hydrogens (tertiary/aromatic N) is 3. The lowest BCUT2D eigenvalue weighted by Crippen LogP contribution is -2.07. The lowest BCUT2D eigenvalue weighted by molar-refractivity contribution is -0.114. The molecule has 8 heteroatoms. The molecule has 0 unspecified atom stereocenters. The van der Waals surface area contributed by atoms with Crippen molar-refractivity contribution in [2.45, 2.75) is 6.92 Å². The fourth-order valence-electron chi connectivity index (χ4n) is 2.33. The lowest BCUT2D eigenvalue weighted by atomic mass is 10.1. The predicted molar refractivity (Wildman–Crippen MR) is 85.8 cm³/mol. The van der Waals surface area contributed by atoms with E-state index in [1.54, 1.807) is 31.5 Å². The fourth-order valence-corrected chi connectivity index (χ4v) is 2.33. The van der Waals surface area contributed by atoms with Gasteiger partial charge in [-0.1, -0.05) is 6.07 Å². The number of carbonyl (C=O) groups is 1. The van der Waals surface area contributed by atoms with E-state index >= 15 is 0 Å². The highest BCUT2D eigenvalue weighted by Gasteiger charge is 2.13. The molecule has 1 N–H and O–H groups in total. The molecule has 3 rings (SSSR count). The van der Waals surface area contributed by atoms with Crippen LogP contribution in [0.5, 0.6) is 11.5 Å². The minimum atomic E-state index is -0.550. The van der Waals surface area contributed by atoms with Crippen molar-refractivity contribution in [3.8, 4) is 22.6 Å². The SMILES string of the molecule is COc1ccc(-c2cc(F)c3nc(NC(C)=O)nn3c2)cc1OC. The van der Waals surface area contributed by atoms with E-state index in [0.717, 1.165) is 5.56 Å². The molecule has 3 aromatic rings. The summed E-state index contributed by atoms with van der Waals surface area (Å²) in [6.45, 7) is 1.33. The van der Waals surface area contributed by atoms with Gasteiger partial charge in [0.2, 0.25) is 11.9 Å². The number of rotatable bonds is 4. The molecule has 0 fully saturated rings. The van der Waals surface area contributed by atoms with Crippen LogP contribution in [-0.4, -0.2) is 34.7 Å². The Morgan fingerprint density at radius 2 is 1.92 bits per heavy atom. The molecule has 1 aromatic carbocycles. The first-order valence-corrected chi connectivity index (χ1v) is 7.07. The number of benzene rings is 1. The van der Waals surface area contributed by atoms with E-state index in [-0.39, 0.29) is 17.5 Å². The third-order valence-electron chi connectivity index (χ3n) is 3.39. The fraction of sp³-hybridized carbons (Fsp3) is 0.188. The maximum absolute atomic E-state index is 14.3. The molecule has 0 saturated carbocycles. The second-order valence-corrected chi connectivity index (χ2v) is 5.03. The monoisotopic (exact) mass is 330 g/mol. The van der Waals surface area contributed by atoms with E-state index in [4.69, 9.17) is 9.47 Å². The summed E-state index contributed by atoms with van der Waals surface area (Å²) < 4.78 is 26.1. The van der Waals surface area contributed by atoms with Gasteiger partial charge in [0, 0.05) is 18.7 Å². The molecule has 0 aliphatic carbocycles. The molecule has 0 radical (unpaired) electrons. The molecule has 7 nitrogen and oxygen atoms in total. The number of pyridine rings is 1. The third-order valence-corrected chi connectivity index (χ3v) is 3.39. The molecular formula is C16H15FN4O3. The second kappa shape index (κ2) is 6.15. The number of anilines is 1. The van der Waals surface area contributed by atoms with Gasteiger partial charge in [-0.25, -0.2) is 8.91 Å². The molecule has 0 aliphatic heterocycles. The number of halogens is 1. The number of hydrogen-bond acceptors (Lipinski definition) is 5. The number of aromatic nitrogens is 3. The van der Waals surface area contributed by atoms with Gasteiger partial charge in [-0.15, -0.1) is 5.10 Å². The van der Waals surface area contributed by atoms with Gasteiger partial charge >= 0.3 is 0 Å². The average Bonchev–Trinajstić information content (AvgIpc) is 2.96. The van der Waals surface area contributed by atoms with Crippen molar-refractivity contribution in [3.05, 3.63) is 36.3 Å². The Balaban J connectivity index is 2.08. The summed E-state index contributed by atoms with van der Waals surface area (Å²) in [6, 6.07) is 6.61. The summed E-state index contributed by atoms with van der Waals surface area (Å²) in [7, 11) is 3.07. The van der Waals surface area contributed by atoms with E-state index < -0.39 is 5.82 Å². The maximum atomic E-state index is 14.3. The molecule has 0 saturated heterocycles. The van der Waals surface area contributed by atoms with Crippen LogP contribution in [0.2, 0.25) is 0 Å². The number of carbonyl (C=O) groups excluding carboxylic acids is 1. The number of fused-ring (bicyclic) bond motifs is 1. The molecule has 0 atom stereocenters. The minimum Gasteiger partial charge on any atom is -0.493 e. The Labute approximate surface area is 137 Å². The zero-order chi connectivity index (χ0) is 17.3. The first-order chi connectivity index (χ1) is 11.5. The summed E-state index contributed by atoms with van der Waals surface area (Å²) >= 11 is 0. The number of hydrogen-bond donors (Lipinski definition) is 1. The Kier molecular flexibility index (Phi) is 4.03. The third kappa shape index (κ3) is 2.85. The van der Waals surface area contributed by atoms with Crippen molar-refractivity contribution in [3.63, 3.8) is 0 Å². The van der Waals surface area contributed by atoms with Crippen LogP contribution in [0.3, 0.4) is 0 Å². The average molecular weight is 330 g/mol. The lowest BCUT2D eigenvalue weighted by Gasteiger charge is -2.10. The van der Waals surface area contributed by atoms with Crippen LogP contribution in [0.1, 0.15) is 6.92 Å². The normalized spacial score (nSPS) is 10.7. The number of methoxy groups -OCH3 is 2. The molecule has 2 aromatic heterocycles. The minimum absolute atomic E-state index is 0.0305. The smallest absolute Gasteiger partial charge is 0.249 e. The quantitative estimate of drug-likeness (QED) is 0.795. The van der Waals surface area contributed by atoms with Gasteiger partial charge in [0.25, 0.3) is 0 Å². The summed E-state index contributed by atoms with van der Waals surface area (Å²) in [5.74, 6) is 0.285. The number of ether oxygens (including phenoxy) is 2. The summed E-state index contributed by atoms with van der Waals surface area (Å²) in [6.07, 6.45) is 1.62. The van der Waals surface area contributed by atoms with Crippen LogP contribution >= 0.6 is 0 Å². The van der Waals surface area contributed by atoms with E-state index in [0.29, 0.717) is 17.1 Å². The molecule has 0 spiro atoms. The Bertz CT molecular complexity index is 923. The molecule has 0 bridgehead atoms. The summed E-state index contributed by atoms with van der Waals surface area (Å²) in [4.78, 5) is 15.0. The molecule has 24 heavy (non-hydrogen) atoms. The topological polar surface area (TPSA) is 77.8 Å². The van der Waals surface area contributed by atoms with Gasteiger partial charge in [0.05, 0.1) is 14.2 Å². The van der Waals surface area contributed by atoms with Crippen molar-refractivity contribution < 1.29 is 18.7 Å². The van der Waals surface area contributed by atoms with Crippen molar-refractivity contribution in [2.75, 3.05) is 19.5 Å². The first-order valence-electron chi connectivity index (χ1n) is 7.07. The highest BCUT2D eigenvalue weighted by atomic mass is 19.1. The van der Waals surface area contributed by atoms with Crippen molar-refractivity contribution >= 4 is 17.5 Å². The van der Waals surface area contributed by atoms with Crippen LogP contribution in [0.4, 0.5) is 10.3 Å². The van der Waals surface area contributed by atoms with Gasteiger partial charge in [-0.3, -0.25) is 10.1 Å². The summed E-state index contributed by atoms with van der Waals surface area (Å²) in [5.41, 5.74) is 1.34. The molecule has 0 aliphatic rings. The molecule has 124 valence electrons. The first kappa shape index (κ1) is 15.7. The van der Waals surface area contributed by atoms with Gasteiger partial charge in [-0.05, 0) is 23.8 Å². The zero-order valence-corrected chi connectivity index (χ0v) is 13.3. The number of amides is 1. The van der Waals surface area contributed by atoms with Gasteiger partial charge < -0.3 is 9.47 Å². The van der Waals surface area contributed by atoms with Crippen LogP contribution in [0.15, 0.2) is 30.5 Å². The van der Waals surface area contributed by atoms with Crippen LogP contribution in [0, 0.1) is 5.82 Å². The standard InChI is InChI=1S/C16H15FN4O3/c1-9(22)18-16-19-15-12(17)6-11(8-21(15)20-16)10-4-5-13(23-2)14(7-10)24-3/h4-8H,1-3H3,(H,18,20,22). The van der Waals surface area contributed by atoms with E-state index in [2.05, 4.69) is 15.4 Å². The maximum Gasteiger partial charge on any atom is 0.249 e. The van der Waals surface area contributed by atoms with Gasteiger partial charge in [0.15, 0.2) is 23.0 Å². The van der Waals surface area contributed by atoms with Crippen LogP contribution in [-0.2, 0) is 4.79 Å². The van der Waals surface area contributed by atoms with Crippen molar-refractivity contribution in [1.82, 2.24) is 14.6 Å². The van der Waals surface area contributed by atoms with Crippen LogP contribution < -0.4 is 14.8 Å². The van der Waals surface area contributed by atoms with Crippen molar-refractivity contribution in [1.29, 1.82) is 0 Å². The molecular weight excluding hydrogens is 315 g/mol. The van der Waals surface area contributed by atoms with Crippen LogP contribution in [0.25, 0.3) is 16.8 Å². The zero-order valence-electron chi connectivity index (χ0n) is 13.3. The molecule has 1 amide bonds. The largest absolute Gasteiger partial charge is 0.493 e. The van der Waals surface area contributed by atoms with Gasteiger partial charge in [-0.2, -0.15) is 4.98 Å². The van der Waals surface area contributed by atoms with Gasteiger partial charge in [0.1, 0.15) is 0 Å². The predicted octanol–water partition coefficient (Wildman–Crippen LogP) is 2.51. The highest BCUT2D eigenvalue weighted by molar-refractivity contribution is 5.86. The summed E-state index contributed by atoms with van der Waals surface area (Å²) in [5, 5.41) is 6.48.